The number of aromatic nitrogens is 2. The Kier molecular flexibility index (Phi) is 4.52. The normalized spacial score (nSPS) is 21.5. The van der Waals surface area contributed by atoms with Crippen LogP contribution in [0.2, 0.25) is 0 Å². The van der Waals surface area contributed by atoms with Gasteiger partial charge in [0.1, 0.15) is 0 Å². The van der Waals surface area contributed by atoms with Gasteiger partial charge in [0.15, 0.2) is 0 Å². The minimum atomic E-state index is -0.0815. The number of nitrogens with zero attached hydrogens (tertiary/aromatic N) is 2. The molecule has 1 aromatic carbocycles. The van der Waals surface area contributed by atoms with Gasteiger partial charge in [0, 0.05) is 6.04 Å². The summed E-state index contributed by atoms with van der Waals surface area (Å²) in [4.78, 5) is 16.3. The number of carbonyl (C=O) groups is 1. The second-order valence-electron chi connectivity index (χ2n) is 6.08. The number of rotatable bonds is 4. The van der Waals surface area contributed by atoms with Crippen molar-refractivity contribution in [3.05, 3.63) is 23.8 Å². The average molecular weight is 317 g/mol. The van der Waals surface area contributed by atoms with E-state index >= 15 is 0 Å². The first-order valence-electron chi connectivity index (χ1n) is 8.17. The predicted octanol–water partition coefficient (Wildman–Crippen LogP) is 2.41. The van der Waals surface area contributed by atoms with Gasteiger partial charge in [-0.1, -0.05) is 6.07 Å². The fourth-order valence-electron chi connectivity index (χ4n) is 3.47. The molecule has 0 aliphatic heterocycles. The number of aliphatic hydroxyl groups is 1. The number of nitrogens with two attached hydrogens (primary N) is 1. The van der Waals surface area contributed by atoms with Crippen LogP contribution in [0, 0.1) is 5.92 Å². The van der Waals surface area contributed by atoms with Crippen LogP contribution in [0.5, 0.6) is 0 Å². The first-order valence-corrected chi connectivity index (χ1v) is 8.17. The van der Waals surface area contributed by atoms with Gasteiger partial charge in [0.25, 0.3) is 0 Å². The van der Waals surface area contributed by atoms with Crippen LogP contribution in [0.25, 0.3) is 11.0 Å². The van der Waals surface area contributed by atoms with Crippen LogP contribution in [0.15, 0.2) is 18.2 Å². The van der Waals surface area contributed by atoms with E-state index in [2.05, 4.69) is 9.55 Å². The number of ether oxygens (including phenoxy) is 1. The van der Waals surface area contributed by atoms with Gasteiger partial charge in [-0.2, -0.15) is 0 Å². The van der Waals surface area contributed by atoms with Gasteiger partial charge in [-0.15, -0.1) is 0 Å². The lowest BCUT2D eigenvalue weighted by Crippen LogP contribution is -2.25. The Hall–Kier alpha value is -2.08. The van der Waals surface area contributed by atoms with Crippen molar-refractivity contribution in [3.63, 3.8) is 0 Å². The topological polar surface area (TPSA) is 90.4 Å². The molecule has 6 nitrogen and oxygen atoms in total. The summed E-state index contributed by atoms with van der Waals surface area (Å²) in [5.41, 5.74) is 8.74. The zero-order chi connectivity index (χ0) is 16.4. The Bertz CT molecular complexity index is 702. The second kappa shape index (κ2) is 6.58. The SMILES string of the molecule is CCOC(=O)[C@H]1CC[C@@H](n2c(N)nc3cc(CO)ccc32)CC1. The van der Waals surface area contributed by atoms with Crippen LogP contribution in [0.4, 0.5) is 5.95 Å². The van der Waals surface area contributed by atoms with E-state index in [1.165, 1.54) is 0 Å². The Morgan fingerprint density at radius 2 is 2.13 bits per heavy atom. The molecule has 2 aromatic rings. The number of benzene rings is 1. The second-order valence-corrected chi connectivity index (χ2v) is 6.08. The molecule has 1 saturated carbocycles. The molecule has 0 saturated heterocycles. The summed E-state index contributed by atoms with van der Waals surface area (Å²) in [6.45, 7) is 2.26. The Morgan fingerprint density at radius 3 is 2.78 bits per heavy atom. The Morgan fingerprint density at radius 1 is 1.39 bits per heavy atom. The highest BCUT2D eigenvalue weighted by Gasteiger charge is 2.29. The van der Waals surface area contributed by atoms with E-state index < -0.39 is 0 Å². The third-order valence-electron chi connectivity index (χ3n) is 4.65. The molecular formula is C17H23N3O3. The molecule has 0 radical (unpaired) electrons. The highest BCUT2D eigenvalue weighted by molar-refractivity contribution is 5.79. The van der Waals surface area contributed by atoms with Crippen molar-refractivity contribution in [3.8, 4) is 0 Å². The first-order chi connectivity index (χ1) is 11.1. The van der Waals surface area contributed by atoms with Crippen molar-refractivity contribution in [2.45, 2.75) is 45.3 Å². The minimum Gasteiger partial charge on any atom is -0.466 e. The molecule has 3 rings (SSSR count). The first kappa shape index (κ1) is 15.8. The summed E-state index contributed by atoms with van der Waals surface area (Å²) in [5, 5.41) is 9.24. The fourth-order valence-corrected chi connectivity index (χ4v) is 3.47. The molecule has 23 heavy (non-hydrogen) atoms. The van der Waals surface area contributed by atoms with E-state index in [4.69, 9.17) is 10.5 Å². The van der Waals surface area contributed by atoms with Crippen LogP contribution in [-0.2, 0) is 16.1 Å². The lowest BCUT2D eigenvalue weighted by atomic mass is 9.86. The van der Waals surface area contributed by atoms with Gasteiger partial charge >= 0.3 is 5.97 Å². The number of fused-ring (bicyclic) bond motifs is 1. The summed E-state index contributed by atoms with van der Waals surface area (Å²) in [5.74, 6) is 0.417. The van der Waals surface area contributed by atoms with Gasteiger partial charge in [-0.05, 0) is 50.3 Å². The van der Waals surface area contributed by atoms with Crippen molar-refractivity contribution in [1.82, 2.24) is 9.55 Å². The van der Waals surface area contributed by atoms with Gasteiger partial charge in [0.05, 0.1) is 30.2 Å². The summed E-state index contributed by atoms with van der Waals surface area (Å²) in [6.07, 6.45) is 3.41. The van der Waals surface area contributed by atoms with Crippen LogP contribution >= 0.6 is 0 Å². The molecule has 0 bridgehead atoms. The molecule has 6 heteroatoms. The molecule has 0 unspecified atom stereocenters. The van der Waals surface area contributed by atoms with E-state index in [-0.39, 0.29) is 24.5 Å². The van der Waals surface area contributed by atoms with E-state index in [0.717, 1.165) is 42.3 Å². The standard InChI is InChI=1S/C17H23N3O3/c1-2-23-16(22)12-4-6-13(7-5-12)20-15-8-3-11(10-21)9-14(15)19-17(20)18/h3,8-9,12-13,21H,2,4-7,10H2,1H3,(H2,18,19)/t12-,13+. The van der Waals surface area contributed by atoms with E-state index in [1.54, 1.807) is 0 Å². The summed E-state index contributed by atoms with van der Waals surface area (Å²) in [7, 11) is 0. The largest absolute Gasteiger partial charge is 0.466 e. The molecule has 0 amide bonds. The van der Waals surface area contributed by atoms with Crippen LogP contribution in [0.1, 0.15) is 44.2 Å². The van der Waals surface area contributed by atoms with Crippen LogP contribution in [0.3, 0.4) is 0 Å². The monoisotopic (exact) mass is 317 g/mol. The van der Waals surface area contributed by atoms with E-state index in [0.29, 0.717) is 12.6 Å². The molecule has 1 fully saturated rings. The van der Waals surface area contributed by atoms with Gasteiger partial charge in [0.2, 0.25) is 5.95 Å². The number of esters is 1. The van der Waals surface area contributed by atoms with Gasteiger partial charge in [-0.25, -0.2) is 4.98 Å². The highest BCUT2D eigenvalue weighted by Crippen LogP contribution is 2.36. The summed E-state index contributed by atoms with van der Waals surface area (Å²) in [6, 6.07) is 5.98. The molecule has 124 valence electrons. The average Bonchev–Trinajstić information content (AvgIpc) is 2.90. The zero-order valence-electron chi connectivity index (χ0n) is 13.4. The number of aliphatic hydroxyl groups excluding tert-OH is 1. The van der Waals surface area contributed by atoms with Crippen LogP contribution in [-0.4, -0.2) is 27.2 Å². The highest BCUT2D eigenvalue weighted by atomic mass is 16.5. The Balaban J connectivity index is 1.79. The number of hydrogen-bond donors (Lipinski definition) is 2. The van der Waals surface area contributed by atoms with Gasteiger partial charge < -0.3 is 20.1 Å². The quantitative estimate of drug-likeness (QED) is 0.845. The predicted molar refractivity (Wildman–Crippen MR) is 87.7 cm³/mol. The molecule has 1 aliphatic rings. The number of hydrogen-bond acceptors (Lipinski definition) is 5. The number of imidazole rings is 1. The lowest BCUT2D eigenvalue weighted by Gasteiger charge is -2.29. The minimum absolute atomic E-state index is 0.00296. The maximum absolute atomic E-state index is 11.9. The molecule has 3 N–H and O–H groups in total. The van der Waals surface area contributed by atoms with Crippen molar-refractivity contribution < 1.29 is 14.6 Å². The van der Waals surface area contributed by atoms with Crippen molar-refractivity contribution in [2.75, 3.05) is 12.3 Å². The van der Waals surface area contributed by atoms with Crippen molar-refractivity contribution in [1.29, 1.82) is 0 Å². The molecule has 0 spiro atoms. The third-order valence-corrected chi connectivity index (χ3v) is 4.65. The van der Waals surface area contributed by atoms with Crippen molar-refractivity contribution in [2.24, 2.45) is 5.92 Å². The third kappa shape index (κ3) is 3.03. The number of carbonyl (C=O) groups excluding carboxylic acids is 1. The van der Waals surface area contributed by atoms with Gasteiger partial charge in [-0.3, -0.25) is 4.79 Å². The summed E-state index contributed by atoms with van der Waals surface area (Å²) >= 11 is 0. The Labute approximate surface area is 135 Å². The molecule has 0 atom stereocenters. The van der Waals surface area contributed by atoms with Crippen LogP contribution < -0.4 is 5.73 Å². The maximum atomic E-state index is 11.9. The van der Waals surface area contributed by atoms with E-state index in [1.807, 2.05) is 25.1 Å². The molecule has 1 aromatic heterocycles. The molecule has 1 aliphatic carbocycles. The number of nitrogen functional groups attached to an aromatic ring is 1. The molecule has 1 heterocycles. The lowest BCUT2D eigenvalue weighted by molar-refractivity contribution is -0.149. The van der Waals surface area contributed by atoms with Crippen molar-refractivity contribution >= 4 is 23.0 Å². The zero-order valence-corrected chi connectivity index (χ0v) is 13.4. The van der Waals surface area contributed by atoms with E-state index in [9.17, 15) is 9.90 Å². The smallest absolute Gasteiger partial charge is 0.308 e. The maximum Gasteiger partial charge on any atom is 0.308 e. The number of anilines is 1. The molecular weight excluding hydrogens is 294 g/mol. The fraction of sp³-hybridized carbons (Fsp3) is 0.529. The summed E-state index contributed by atoms with van der Waals surface area (Å²) < 4.78 is 7.19.